The van der Waals surface area contributed by atoms with E-state index in [-0.39, 0.29) is 17.1 Å². The number of fused-ring (bicyclic) bond motifs is 1. The number of hydrogen-bond donors (Lipinski definition) is 0. The smallest absolute Gasteiger partial charge is 0.545 e. The van der Waals surface area contributed by atoms with Crippen molar-refractivity contribution in [3.8, 4) is 0 Å². The molecule has 0 amide bonds. The van der Waals surface area contributed by atoms with Gasteiger partial charge in [0.15, 0.2) is 0 Å². The van der Waals surface area contributed by atoms with Crippen LogP contribution in [0.1, 0.15) is 0 Å². The fourth-order valence-electron chi connectivity index (χ4n) is 1.13. The molecule has 0 atom stereocenters. The largest absolute Gasteiger partial charge is 2.00 e. The maximum atomic E-state index is 9.14. The monoisotopic (exact) mass is 326 g/mol. The van der Waals surface area contributed by atoms with Crippen molar-refractivity contribution < 1.29 is 36.9 Å². The Morgan fingerprint density at radius 3 is 1.10 bits per heavy atom. The summed E-state index contributed by atoms with van der Waals surface area (Å²) in [6, 6.07) is 16.7. The molecule has 4 nitrogen and oxygen atoms in total. The molecule has 0 heterocycles. The number of hydrogen-bond acceptors (Lipinski definition) is 4. The molecule has 0 radical (unpaired) electrons. The fraction of sp³-hybridized carbons (Fsp3) is 0. The van der Waals surface area contributed by atoms with Crippen molar-refractivity contribution in [1.29, 1.82) is 0 Å². The van der Waals surface area contributed by atoms with Crippen LogP contribution in [-0.2, 0) is 26.7 Å². The Kier molecular flexibility index (Phi) is 12.6. The predicted molar refractivity (Wildman–Crippen MR) is 74.4 cm³/mol. The number of rotatable bonds is 2. The van der Waals surface area contributed by atoms with E-state index in [0.29, 0.717) is 0 Å². The number of carboxylic acid groups (broad SMARTS) is 2. The van der Waals surface area contributed by atoms with E-state index in [9.17, 15) is 0 Å². The molecule has 110 valence electrons. The summed E-state index contributed by atoms with van der Waals surface area (Å²) < 4.78 is 0. The van der Waals surface area contributed by atoms with Gasteiger partial charge in [-0.05, 0) is 22.9 Å². The van der Waals surface area contributed by atoms with Gasteiger partial charge in [-0.3, -0.25) is 0 Å². The molecular formula is C16H14FeO4. The molecule has 0 aromatic heterocycles. The third kappa shape index (κ3) is 11.2. The van der Waals surface area contributed by atoms with Crippen molar-refractivity contribution in [3.63, 3.8) is 0 Å². The first-order valence-corrected chi connectivity index (χ1v) is 5.62. The van der Waals surface area contributed by atoms with Crippen LogP contribution in [0.2, 0.25) is 0 Å². The summed E-state index contributed by atoms with van der Waals surface area (Å²) in [5, 5.41) is 20.9. The Morgan fingerprint density at radius 1 is 0.762 bits per heavy atom. The summed E-state index contributed by atoms with van der Waals surface area (Å²) in [4.78, 5) is 18.3. The number of benzene rings is 2. The van der Waals surface area contributed by atoms with Crippen molar-refractivity contribution >= 4 is 22.7 Å². The normalized spacial score (nSPS) is 7.81. The van der Waals surface area contributed by atoms with E-state index in [1.807, 2.05) is 0 Å². The SMILES string of the molecule is C=CC(=O)[O-].C=CC(=O)[O-].[Fe+2].c1ccc2ccccc2c1. The minimum atomic E-state index is -1.23. The molecule has 21 heavy (non-hydrogen) atoms. The van der Waals surface area contributed by atoms with Crippen LogP contribution in [0.3, 0.4) is 0 Å². The average Bonchev–Trinajstić information content (AvgIpc) is 2.48. The van der Waals surface area contributed by atoms with E-state index >= 15 is 0 Å². The number of carbonyl (C=O) groups is 2. The predicted octanol–water partition coefficient (Wildman–Crippen LogP) is 0.682. The van der Waals surface area contributed by atoms with Crippen molar-refractivity contribution in [1.82, 2.24) is 0 Å². The molecule has 2 aromatic rings. The minimum absolute atomic E-state index is 0. The number of aliphatic carboxylic acids is 2. The average molecular weight is 326 g/mol. The van der Waals surface area contributed by atoms with Gasteiger partial charge in [0.2, 0.25) is 0 Å². The summed E-state index contributed by atoms with van der Waals surface area (Å²) in [5.41, 5.74) is 0. The molecule has 0 fully saturated rings. The van der Waals surface area contributed by atoms with Gasteiger partial charge in [0.05, 0.1) is 11.9 Å². The van der Waals surface area contributed by atoms with Gasteiger partial charge in [-0.25, -0.2) is 0 Å². The maximum Gasteiger partial charge on any atom is 2.00 e. The van der Waals surface area contributed by atoms with Gasteiger partial charge in [0.1, 0.15) is 0 Å². The molecule has 2 rings (SSSR count). The van der Waals surface area contributed by atoms with Crippen molar-refractivity contribution in [2.45, 2.75) is 0 Å². The zero-order chi connectivity index (χ0) is 15.4. The first-order valence-electron chi connectivity index (χ1n) is 5.62. The van der Waals surface area contributed by atoms with Crippen LogP contribution in [0.25, 0.3) is 10.8 Å². The molecule has 0 spiro atoms. The van der Waals surface area contributed by atoms with Gasteiger partial charge in [-0.2, -0.15) is 0 Å². The third-order valence-corrected chi connectivity index (χ3v) is 1.99. The van der Waals surface area contributed by atoms with E-state index < -0.39 is 11.9 Å². The molecular weight excluding hydrogens is 312 g/mol. The second kappa shape index (κ2) is 12.7. The van der Waals surface area contributed by atoms with E-state index in [1.54, 1.807) is 0 Å². The van der Waals surface area contributed by atoms with Gasteiger partial charge in [-0.15, -0.1) is 0 Å². The molecule has 0 saturated carbocycles. The molecule has 0 bridgehead atoms. The first-order chi connectivity index (χ1) is 9.51. The Labute approximate surface area is 133 Å². The van der Waals surface area contributed by atoms with Crippen LogP contribution < -0.4 is 10.2 Å². The second-order valence-corrected chi connectivity index (χ2v) is 3.39. The van der Waals surface area contributed by atoms with Crippen LogP contribution in [0, 0.1) is 0 Å². The molecule has 0 aliphatic carbocycles. The number of carboxylic acids is 2. The quantitative estimate of drug-likeness (QED) is 0.600. The van der Waals surface area contributed by atoms with E-state index in [2.05, 4.69) is 61.7 Å². The maximum absolute atomic E-state index is 9.14. The summed E-state index contributed by atoms with van der Waals surface area (Å²) in [5.74, 6) is -2.46. The van der Waals surface area contributed by atoms with E-state index in [4.69, 9.17) is 19.8 Å². The van der Waals surface area contributed by atoms with Crippen LogP contribution in [0.5, 0.6) is 0 Å². The summed E-state index contributed by atoms with van der Waals surface area (Å²) >= 11 is 0. The Balaban J connectivity index is 0. The number of carbonyl (C=O) groups excluding carboxylic acids is 2. The minimum Gasteiger partial charge on any atom is -0.545 e. The van der Waals surface area contributed by atoms with Gasteiger partial charge in [-0.1, -0.05) is 61.7 Å². The Bertz CT molecular complexity index is 510. The topological polar surface area (TPSA) is 80.3 Å². The van der Waals surface area contributed by atoms with E-state index in [0.717, 1.165) is 12.2 Å². The van der Waals surface area contributed by atoms with Crippen LogP contribution in [0.15, 0.2) is 73.8 Å². The van der Waals surface area contributed by atoms with Crippen molar-refractivity contribution in [2.24, 2.45) is 0 Å². The van der Waals surface area contributed by atoms with Gasteiger partial charge < -0.3 is 19.8 Å². The summed E-state index contributed by atoms with van der Waals surface area (Å²) in [6.45, 7) is 5.80. The molecule has 0 aliphatic heterocycles. The van der Waals surface area contributed by atoms with Gasteiger partial charge in [0, 0.05) is 0 Å². The third-order valence-electron chi connectivity index (χ3n) is 1.99. The molecule has 5 heteroatoms. The molecule has 0 aliphatic rings. The first kappa shape index (κ1) is 20.9. The second-order valence-electron chi connectivity index (χ2n) is 3.39. The van der Waals surface area contributed by atoms with Crippen LogP contribution in [0.4, 0.5) is 0 Å². The Hall–Kier alpha value is -2.36. The van der Waals surface area contributed by atoms with Crippen molar-refractivity contribution in [2.75, 3.05) is 0 Å². The molecule has 0 unspecified atom stereocenters. The van der Waals surface area contributed by atoms with Gasteiger partial charge in [0.25, 0.3) is 0 Å². The Morgan fingerprint density at radius 2 is 0.952 bits per heavy atom. The van der Waals surface area contributed by atoms with Crippen molar-refractivity contribution in [3.05, 3.63) is 73.8 Å². The zero-order valence-corrected chi connectivity index (χ0v) is 12.3. The zero-order valence-electron chi connectivity index (χ0n) is 11.2. The van der Waals surface area contributed by atoms with Gasteiger partial charge >= 0.3 is 17.1 Å². The fourth-order valence-corrected chi connectivity index (χ4v) is 1.13. The standard InChI is InChI=1S/C10H8.2C3H4O2.Fe/c1-2-6-10-8-4-3-7-9(10)5-1;2*1-2-3(4)5;/h1-8H;2*2H,1H2,(H,4,5);/q;;;+2/p-2. The summed E-state index contributed by atoms with van der Waals surface area (Å²) in [7, 11) is 0. The summed E-state index contributed by atoms with van der Waals surface area (Å²) in [6.07, 6.45) is 1.44. The molecule has 0 saturated heterocycles. The molecule has 0 N–H and O–H groups in total. The van der Waals surface area contributed by atoms with Crippen LogP contribution >= 0.6 is 0 Å². The van der Waals surface area contributed by atoms with E-state index in [1.165, 1.54) is 10.8 Å². The van der Waals surface area contributed by atoms with Crippen LogP contribution in [-0.4, -0.2) is 11.9 Å². The molecule has 2 aromatic carbocycles.